The second kappa shape index (κ2) is 16.1. The minimum atomic E-state index is -0.935. The molecule has 44 heavy (non-hydrogen) atoms. The Morgan fingerprint density at radius 1 is 1.00 bits per heavy atom. The number of hydrogen-bond acceptors (Lipinski definition) is 8. The van der Waals surface area contributed by atoms with Crippen LogP contribution in [0.25, 0.3) is 11.4 Å². The van der Waals surface area contributed by atoms with E-state index >= 15 is 0 Å². The maximum Gasteiger partial charge on any atom is 0.247 e. The van der Waals surface area contributed by atoms with Gasteiger partial charge in [-0.25, -0.2) is 4.39 Å². The third-order valence-electron chi connectivity index (χ3n) is 8.16. The van der Waals surface area contributed by atoms with Crippen LogP contribution in [-0.4, -0.2) is 88.3 Å². The zero-order chi connectivity index (χ0) is 31.5. The Hall–Kier alpha value is -4.06. The maximum atomic E-state index is 14.0. The standard InChI is InChI=1S/C32H44FN7O4/c1-5-38(6-2)19-10-20-39(30(23-13-16-25(33)17-14-23)32(42)34-26-11-8-7-9-12-26)29(41)22-40-36-31(35-37-40)24-15-18-27(43-3)28(21-24)44-4/h13-18,21,26,30H,5-12,19-20,22H2,1-4H3,(H,34,42)/t30-/m0/s1. The summed E-state index contributed by atoms with van der Waals surface area (Å²) in [6.45, 7) is 6.83. The number of aromatic nitrogens is 4. The number of carbonyl (C=O) groups excluding carboxylic acids is 2. The molecule has 2 amide bonds. The van der Waals surface area contributed by atoms with Crippen molar-refractivity contribution in [2.45, 2.75) is 71.0 Å². The van der Waals surface area contributed by atoms with E-state index in [9.17, 15) is 14.0 Å². The molecule has 0 saturated heterocycles. The molecule has 1 saturated carbocycles. The van der Waals surface area contributed by atoms with Crippen LogP contribution in [0.2, 0.25) is 0 Å². The quantitative estimate of drug-likeness (QED) is 0.272. The van der Waals surface area contributed by atoms with Crippen LogP contribution < -0.4 is 14.8 Å². The summed E-state index contributed by atoms with van der Waals surface area (Å²) >= 11 is 0. The number of rotatable bonds is 15. The van der Waals surface area contributed by atoms with E-state index < -0.39 is 11.9 Å². The molecule has 12 heteroatoms. The van der Waals surface area contributed by atoms with Gasteiger partial charge in [0.25, 0.3) is 0 Å². The number of halogens is 1. The van der Waals surface area contributed by atoms with Crippen molar-refractivity contribution in [1.82, 2.24) is 35.3 Å². The number of ether oxygens (including phenoxy) is 2. The van der Waals surface area contributed by atoms with E-state index in [2.05, 4.69) is 39.5 Å². The Balaban J connectivity index is 1.61. The lowest BCUT2D eigenvalue weighted by Gasteiger charge is -2.34. The molecule has 0 spiro atoms. The molecular weight excluding hydrogens is 565 g/mol. The molecular formula is C32H44FN7O4. The van der Waals surface area contributed by atoms with Crippen molar-refractivity contribution in [3.05, 3.63) is 53.8 Å². The van der Waals surface area contributed by atoms with E-state index in [1.807, 2.05) is 0 Å². The van der Waals surface area contributed by atoms with Crippen LogP contribution in [-0.2, 0) is 16.1 Å². The molecule has 0 bridgehead atoms. The molecule has 11 nitrogen and oxygen atoms in total. The Morgan fingerprint density at radius 2 is 1.70 bits per heavy atom. The van der Waals surface area contributed by atoms with Crippen LogP contribution >= 0.6 is 0 Å². The first kappa shape index (κ1) is 32.8. The summed E-state index contributed by atoms with van der Waals surface area (Å²) in [5.74, 6) is 0.387. The van der Waals surface area contributed by atoms with Gasteiger partial charge in [0.15, 0.2) is 11.5 Å². The van der Waals surface area contributed by atoms with Gasteiger partial charge < -0.3 is 24.6 Å². The Kier molecular flexibility index (Phi) is 12.0. The van der Waals surface area contributed by atoms with Gasteiger partial charge in [-0.1, -0.05) is 45.2 Å². The molecule has 4 rings (SSSR count). The van der Waals surface area contributed by atoms with E-state index in [0.717, 1.165) is 51.7 Å². The van der Waals surface area contributed by atoms with Gasteiger partial charge in [0.05, 0.1) is 14.2 Å². The van der Waals surface area contributed by atoms with Crippen LogP contribution in [0.15, 0.2) is 42.5 Å². The summed E-state index contributed by atoms with van der Waals surface area (Å²) in [5, 5.41) is 15.9. The first-order chi connectivity index (χ1) is 21.4. The van der Waals surface area contributed by atoms with Crippen molar-refractivity contribution in [3.63, 3.8) is 0 Å². The van der Waals surface area contributed by atoms with E-state index in [1.165, 1.54) is 16.9 Å². The van der Waals surface area contributed by atoms with Gasteiger partial charge in [0, 0.05) is 18.2 Å². The largest absolute Gasteiger partial charge is 0.493 e. The van der Waals surface area contributed by atoms with Gasteiger partial charge in [-0.15, -0.1) is 10.2 Å². The monoisotopic (exact) mass is 609 g/mol. The molecule has 1 heterocycles. The first-order valence-electron chi connectivity index (χ1n) is 15.4. The fourth-order valence-electron chi connectivity index (χ4n) is 5.66. The van der Waals surface area contributed by atoms with Crippen molar-refractivity contribution in [3.8, 4) is 22.9 Å². The maximum absolute atomic E-state index is 14.0. The number of nitrogens with one attached hydrogen (secondary N) is 1. The molecule has 0 unspecified atom stereocenters. The lowest BCUT2D eigenvalue weighted by molar-refractivity contribution is -0.142. The minimum Gasteiger partial charge on any atom is -0.493 e. The topological polar surface area (TPSA) is 115 Å². The lowest BCUT2D eigenvalue weighted by atomic mass is 9.94. The number of hydrogen-bond donors (Lipinski definition) is 1. The Morgan fingerprint density at radius 3 is 2.36 bits per heavy atom. The number of nitrogens with zero attached hydrogens (tertiary/aromatic N) is 6. The highest BCUT2D eigenvalue weighted by molar-refractivity contribution is 5.89. The average molecular weight is 610 g/mol. The Labute approximate surface area is 258 Å². The second-order valence-electron chi connectivity index (χ2n) is 11.0. The van der Waals surface area contributed by atoms with Gasteiger partial charge in [0.2, 0.25) is 17.6 Å². The molecule has 3 aromatic rings. The van der Waals surface area contributed by atoms with E-state index in [1.54, 1.807) is 49.5 Å². The van der Waals surface area contributed by atoms with Crippen LogP contribution in [0.5, 0.6) is 11.5 Å². The van der Waals surface area contributed by atoms with Crippen LogP contribution in [0.1, 0.15) is 64.0 Å². The van der Waals surface area contributed by atoms with Crippen LogP contribution in [0, 0.1) is 5.82 Å². The number of tetrazole rings is 1. The molecule has 1 atom stereocenters. The third-order valence-corrected chi connectivity index (χ3v) is 8.16. The summed E-state index contributed by atoms with van der Waals surface area (Å²) in [5.41, 5.74) is 1.20. The predicted molar refractivity (Wildman–Crippen MR) is 165 cm³/mol. The van der Waals surface area contributed by atoms with Crippen molar-refractivity contribution in [2.75, 3.05) is 40.4 Å². The molecule has 238 valence electrons. The summed E-state index contributed by atoms with van der Waals surface area (Å²) in [6, 6.07) is 10.2. The molecule has 0 aliphatic heterocycles. The number of methoxy groups -OCH3 is 2. The first-order valence-corrected chi connectivity index (χ1v) is 15.4. The smallest absolute Gasteiger partial charge is 0.247 e. The number of benzene rings is 2. The summed E-state index contributed by atoms with van der Waals surface area (Å²) in [4.78, 5) is 33.0. The summed E-state index contributed by atoms with van der Waals surface area (Å²) in [6.07, 6.45) is 5.72. The normalized spacial score (nSPS) is 14.3. The third kappa shape index (κ3) is 8.52. The van der Waals surface area contributed by atoms with E-state index in [-0.39, 0.29) is 24.4 Å². The fraction of sp³-hybridized carbons (Fsp3) is 0.531. The highest BCUT2D eigenvalue weighted by Crippen LogP contribution is 2.31. The van der Waals surface area contributed by atoms with Crippen molar-refractivity contribution in [2.24, 2.45) is 0 Å². The molecule has 0 radical (unpaired) electrons. The molecule has 1 N–H and O–H groups in total. The molecule has 1 aliphatic carbocycles. The zero-order valence-corrected chi connectivity index (χ0v) is 26.2. The SMILES string of the molecule is CCN(CC)CCCN(C(=O)Cn1nnc(-c2ccc(OC)c(OC)c2)n1)[C@H](C(=O)NC1CCCCC1)c1ccc(F)cc1. The lowest BCUT2D eigenvalue weighted by Crippen LogP contribution is -2.48. The average Bonchev–Trinajstić information content (AvgIpc) is 3.51. The van der Waals surface area contributed by atoms with Crippen molar-refractivity contribution < 1.29 is 23.5 Å². The summed E-state index contributed by atoms with van der Waals surface area (Å²) in [7, 11) is 3.10. The molecule has 2 aromatic carbocycles. The fourth-order valence-corrected chi connectivity index (χ4v) is 5.66. The highest BCUT2D eigenvalue weighted by atomic mass is 19.1. The van der Waals surface area contributed by atoms with E-state index in [0.29, 0.717) is 41.4 Å². The molecule has 1 aliphatic rings. The second-order valence-corrected chi connectivity index (χ2v) is 11.0. The van der Waals surface area contributed by atoms with Crippen LogP contribution in [0.3, 0.4) is 0 Å². The van der Waals surface area contributed by atoms with E-state index in [4.69, 9.17) is 9.47 Å². The molecule has 1 fully saturated rings. The molecule has 1 aromatic heterocycles. The Bertz CT molecular complexity index is 1360. The van der Waals surface area contributed by atoms with Gasteiger partial charge in [0.1, 0.15) is 18.4 Å². The van der Waals surface area contributed by atoms with Gasteiger partial charge in [-0.3, -0.25) is 9.59 Å². The predicted octanol–water partition coefficient (Wildman–Crippen LogP) is 4.25. The van der Waals surface area contributed by atoms with Crippen molar-refractivity contribution >= 4 is 11.8 Å². The van der Waals surface area contributed by atoms with Crippen LogP contribution in [0.4, 0.5) is 4.39 Å². The minimum absolute atomic E-state index is 0.0489. The van der Waals surface area contributed by atoms with Gasteiger partial charge in [-0.05, 0) is 80.0 Å². The number of amides is 2. The van der Waals surface area contributed by atoms with Gasteiger partial charge >= 0.3 is 0 Å². The van der Waals surface area contributed by atoms with Gasteiger partial charge in [-0.2, -0.15) is 4.80 Å². The number of carbonyl (C=O) groups is 2. The summed E-state index contributed by atoms with van der Waals surface area (Å²) < 4.78 is 24.6. The highest BCUT2D eigenvalue weighted by Gasteiger charge is 2.33. The zero-order valence-electron chi connectivity index (χ0n) is 26.2. The van der Waals surface area contributed by atoms with Crippen molar-refractivity contribution in [1.29, 1.82) is 0 Å².